The molecule has 0 aliphatic heterocycles. The van der Waals surface area contributed by atoms with Crippen LogP contribution in [-0.2, 0) is 4.79 Å². The minimum Gasteiger partial charge on any atom is -0.398 e. The molecule has 19 heavy (non-hydrogen) atoms. The number of hydrogen-bond acceptors (Lipinski definition) is 4. The fraction of sp³-hybridized carbons (Fsp3) is 0.333. The van der Waals surface area contributed by atoms with Crippen LogP contribution in [0.4, 0.5) is 15.8 Å². The topological polar surface area (TPSA) is 101 Å². The summed E-state index contributed by atoms with van der Waals surface area (Å²) in [7, 11) is 3.18. The van der Waals surface area contributed by atoms with Gasteiger partial charge in [0.05, 0.1) is 11.3 Å². The van der Waals surface area contributed by atoms with Crippen LogP contribution in [0, 0.1) is 5.82 Å². The molecule has 5 N–H and O–H groups in total. The highest BCUT2D eigenvalue weighted by Crippen LogP contribution is 2.22. The van der Waals surface area contributed by atoms with Crippen LogP contribution in [0.1, 0.15) is 17.3 Å². The first kappa shape index (κ1) is 14.7. The maximum atomic E-state index is 13.7. The quantitative estimate of drug-likeness (QED) is 0.688. The Kier molecular flexibility index (Phi) is 4.31. The molecule has 1 aromatic carbocycles. The van der Waals surface area contributed by atoms with E-state index in [-0.39, 0.29) is 22.8 Å². The number of hydrogen-bond donors (Lipinski definition) is 3. The molecule has 0 heterocycles. The van der Waals surface area contributed by atoms with Crippen LogP contribution in [0.5, 0.6) is 0 Å². The van der Waals surface area contributed by atoms with Gasteiger partial charge in [-0.15, -0.1) is 0 Å². The summed E-state index contributed by atoms with van der Waals surface area (Å²) in [5.41, 5.74) is 10.6. The van der Waals surface area contributed by atoms with E-state index in [1.165, 1.54) is 11.0 Å². The Balaban J connectivity index is 3.05. The molecular formula is C12H17FN4O2. The molecule has 104 valence electrons. The number of benzene rings is 1. The molecule has 1 atom stereocenters. The number of carbonyl (C=O) groups excluding carboxylic acids is 2. The Morgan fingerprint density at radius 2 is 1.95 bits per heavy atom. The van der Waals surface area contributed by atoms with Crippen molar-refractivity contribution in [3.63, 3.8) is 0 Å². The SMILES string of the molecule is CC(Nc1cc(C(N)=O)c(N)cc1F)C(=O)N(C)C. The zero-order valence-electron chi connectivity index (χ0n) is 11.0. The molecule has 0 radical (unpaired) electrons. The lowest BCUT2D eigenvalue weighted by atomic mass is 10.1. The van der Waals surface area contributed by atoms with Gasteiger partial charge >= 0.3 is 0 Å². The number of nitrogens with zero attached hydrogens (tertiary/aromatic N) is 1. The first-order chi connectivity index (χ1) is 8.73. The first-order valence-electron chi connectivity index (χ1n) is 5.60. The number of nitrogens with two attached hydrogens (primary N) is 2. The minimum absolute atomic E-state index is 0.00528. The molecule has 0 saturated carbocycles. The number of carbonyl (C=O) groups is 2. The number of nitrogen functional groups attached to an aromatic ring is 1. The minimum atomic E-state index is -0.757. The largest absolute Gasteiger partial charge is 0.398 e. The Morgan fingerprint density at radius 3 is 2.42 bits per heavy atom. The molecule has 1 rings (SSSR count). The van der Waals surface area contributed by atoms with Crippen LogP contribution in [0.3, 0.4) is 0 Å². The maximum absolute atomic E-state index is 13.7. The Labute approximate surface area is 110 Å². The van der Waals surface area contributed by atoms with E-state index >= 15 is 0 Å². The van der Waals surface area contributed by atoms with Gasteiger partial charge in [0, 0.05) is 19.8 Å². The highest BCUT2D eigenvalue weighted by molar-refractivity contribution is 5.99. The van der Waals surface area contributed by atoms with Gasteiger partial charge in [-0.1, -0.05) is 0 Å². The average molecular weight is 268 g/mol. The van der Waals surface area contributed by atoms with E-state index in [2.05, 4.69) is 5.32 Å². The van der Waals surface area contributed by atoms with E-state index < -0.39 is 17.8 Å². The van der Waals surface area contributed by atoms with Crippen molar-refractivity contribution in [1.29, 1.82) is 0 Å². The highest BCUT2D eigenvalue weighted by Gasteiger charge is 2.18. The van der Waals surface area contributed by atoms with Crippen molar-refractivity contribution in [1.82, 2.24) is 4.90 Å². The molecule has 6 nitrogen and oxygen atoms in total. The fourth-order valence-corrected chi connectivity index (χ4v) is 1.59. The third kappa shape index (κ3) is 3.34. The van der Waals surface area contributed by atoms with Gasteiger partial charge in [-0.2, -0.15) is 0 Å². The van der Waals surface area contributed by atoms with E-state index in [1.807, 2.05) is 0 Å². The van der Waals surface area contributed by atoms with Gasteiger partial charge in [0.25, 0.3) is 5.91 Å². The van der Waals surface area contributed by atoms with E-state index in [1.54, 1.807) is 21.0 Å². The average Bonchev–Trinajstić information content (AvgIpc) is 2.30. The van der Waals surface area contributed by atoms with Crippen LogP contribution in [0.2, 0.25) is 0 Å². The molecular weight excluding hydrogens is 251 g/mol. The Hall–Kier alpha value is -2.31. The molecule has 0 fully saturated rings. The van der Waals surface area contributed by atoms with Crippen LogP contribution < -0.4 is 16.8 Å². The van der Waals surface area contributed by atoms with Gasteiger partial charge in [0.2, 0.25) is 5.91 Å². The second-order valence-corrected chi connectivity index (χ2v) is 4.38. The normalized spacial score (nSPS) is 11.8. The van der Waals surface area contributed by atoms with Crippen molar-refractivity contribution in [3.8, 4) is 0 Å². The van der Waals surface area contributed by atoms with E-state index in [9.17, 15) is 14.0 Å². The number of rotatable bonds is 4. The molecule has 0 aliphatic rings. The highest BCUT2D eigenvalue weighted by atomic mass is 19.1. The lowest BCUT2D eigenvalue weighted by Gasteiger charge is -2.19. The van der Waals surface area contributed by atoms with Crippen LogP contribution in [-0.4, -0.2) is 36.9 Å². The van der Waals surface area contributed by atoms with Crippen molar-refractivity contribution < 1.29 is 14.0 Å². The third-order valence-corrected chi connectivity index (χ3v) is 2.59. The number of halogens is 1. The number of primary amides is 1. The smallest absolute Gasteiger partial charge is 0.250 e. The summed E-state index contributed by atoms with van der Waals surface area (Å²) in [5.74, 6) is -1.63. The van der Waals surface area contributed by atoms with Gasteiger partial charge < -0.3 is 21.7 Å². The van der Waals surface area contributed by atoms with Crippen molar-refractivity contribution in [2.24, 2.45) is 5.73 Å². The third-order valence-electron chi connectivity index (χ3n) is 2.59. The predicted molar refractivity (Wildman–Crippen MR) is 71.1 cm³/mol. The van der Waals surface area contributed by atoms with Crippen molar-refractivity contribution in [3.05, 3.63) is 23.5 Å². The van der Waals surface area contributed by atoms with Gasteiger partial charge in [0.1, 0.15) is 11.9 Å². The summed E-state index contributed by atoms with van der Waals surface area (Å²) < 4.78 is 13.7. The zero-order chi connectivity index (χ0) is 14.7. The first-order valence-corrected chi connectivity index (χ1v) is 5.60. The Bertz CT molecular complexity index is 517. The lowest BCUT2D eigenvalue weighted by molar-refractivity contribution is -0.129. The van der Waals surface area contributed by atoms with Crippen LogP contribution >= 0.6 is 0 Å². The monoisotopic (exact) mass is 268 g/mol. The van der Waals surface area contributed by atoms with Gasteiger partial charge in [-0.05, 0) is 19.1 Å². The number of likely N-dealkylation sites (N-methyl/N-ethyl adjacent to an activating group) is 1. The molecule has 0 bridgehead atoms. The molecule has 1 unspecified atom stereocenters. The summed E-state index contributed by atoms with van der Waals surface area (Å²) in [6.07, 6.45) is 0. The van der Waals surface area contributed by atoms with Crippen molar-refractivity contribution in [2.45, 2.75) is 13.0 Å². The van der Waals surface area contributed by atoms with E-state index in [4.69, 9.17) is 11.5 Å². The zero-order valence-corrected chi connectivity index (χ0v) is 11.0. The van der Waals surface area contributed by atoms with Crippen LogP contribution in [0.15, 0.2) is 12.1 Å². The van der Waals surface area contributed by atoms with E-state index in [0.717, 1.165) is 6.07 Å². The second kappa shape index (κ2) is 5.55. The Morgan fingerprint density at radius 1 is 1.37 bits per heavy atom. The van der Waals surface area contributed by atoms with E-state index in [0.29, 0.717) is 0 Å². The number of amides is 2. The van der Waals surface area contributed by atoms with Gasteiger partial charge in [-0.3, -0.25) is 9.59 Å². The molecule has 0 aliphatic carbocycles. The molecule has 1 aromatic rings. The maximum Gasteiger partial charge on any atom is 0.250 e. The van der Waals surface area contributed by atoms with Gasteiger partial charge in [-0.25, -0.2) is 4.39 Å². The molecule has 0 aromatic heterocycles. The van der Waals surface area contributed by atoms with Crippen molar-refractivity contribution in [2.75, 3.05) is 25.1 Å². The standard InChI is InChI=1S/C12H17FN4O2/c1-6(12(19)17(2)3)16-10-4-7(11(15)18)9(14)5-8(10)13/h4-6,16H,14H2,1-3H3,(H2,15,18). The van der Waals surface area contributed by atoms with Crippen LogP contribution in [0.25, 0.3) is 0 Å². The fourth-order valence-electron chi connectivity index (χ4n) is 1.59. The predicted octanol–water partition coefficient (Wildman–Crippen LogP) is 0.395. The van der Waals surface area contributed by atoms with Gasteiger partial charge in [0.15, 0.2) is 0 Å². The summed E-state index contributed by atoms with van der Waals surface area (Å²) in [4.78, 5) is 24.2. The summed E-state index contributed by atoms with van der Waals surface area (Å²) in [5, 5.41) is 2.68. The van der Waals surface area contributed by atoms with Crippen molar-refractivity contribution >= 4 is 23.2 Å². The lowest BCUT2D eigenvalue weighted by Crippen LogP contribution is -2.36. The molecule has 0 saturated heterocycles. The molecule has 0 spiro atoms. The summed E-state index contributed by atoms with van der Waals surface area (Å²) in [6, 6.07) is 1.55. The summed E-state index contributed by atoms with van der Waals surface area (Å²) >= 11 is 0. The molecule has 2 amide bonds. The number of anilines is 2. The number of nitrogens with one attached hydrogen (secondary N) is 1. The second-order valence-electron chi connectivity index (χ2n) is 4.38. The summed E-state index contributed by atoms with van der Waals surface area (Å²) in [6.45, 7) is 1.59. The molecule has 7 heteroatoms.